The SMILES string of the molecule is CCc1cccc(CC)c1-n1ccnc1-c1ccccc1C(C)C. The van der Waals surface area contributed by atoms with Crippen LogP contribution in [0.2, 0.25) is 0 Å². The minimum atomic E-state index is 0.471. The molecule has 0 saturated carbocycles. The Hall–Kier alpha value is -2.35. The molecule has 0 aliphatic heterocycles. The first kappa shape index (κ1) is 16.5. The molecule has 0 amide bonds. The first-order valence-corrected chi connectivity index (χ1v) is 8.91. The molecule has 2 aromatic carbocycles. The fraction of sp³-hybridized carbons (Fsp3) is 0.318. The van der Waals surface area contributed by atoms with Gasteiger partial charge in [-0.1, -0.05) is 70.2 Å². The third-order valence-corrected chi connectivity index (χ3v) is 4.67. The van der Waals surface area contributed by atoms with Gasteiger partial charge in [0.1, 0.15) is 5.82 Å². The van der Waals surface area contributed by atoms with E-state index < -0.39 is 0 Å². The van der Waals surface area contributed by atoms with Crippen molar-refractivity contribution in [3.8, 4) is 17.1 Å². The molecular formula is C22H26N2. The molecule has 1 aromatic heterocycles. The van der Waals surface area contributed by atoms with E-state index in [9.17, 15) is 0 Å². The van der Waals surface area contributed by atoms with Gasteiger partial charge in [-0.25, -0.2) is 4.98 Å². The van der Waals surface area contributed by atoms with Crippen LogP contribution in [0.4, 0.5) is 0 Å². The van der Waals surface area contributed by atoms with Crippen molar-refractivity contribution in [1.29, 1.82) is 0 Å². The Morgan fingerprint density at radius 2 is 1.58 bits per heavy atom. The number of rotatable bonds is 5. The summed E-state index contributed by atoms with van der Waals surface area (Å²) in [5, 5.41) is 0. The number of benzene rings is 2. The first-order valence-electron chi connectivity index (χ1n) is 8.91. The summed E-state index contributed by atoms with van der Waals surface area (Å²) in [5.41, 5.74) is 6.61. The minimum absolute atomic E-state index is 0.471. The molecule has 24 heavy (non-hydrogen) atoms. The van der Waals surface area contributed by atoms with Crippen LogP contribution in [-0.4, -0.2) is 9.55 Å². The molecular weight excluding hydrogens is 292 g/mol. The molecule has 3 aromatic rings. The maximum Gasteiger partial charge on any atom is 0.144 e. The Morgan fingerprint density at radius 3 is 2.21 bits per heavy atom. The van der Waals surface area contributed by atoms with Gasteiger partial charge in [-0.05, 0) is 35.4 Å². The number of aryl methyl sites for hydroxylation is 2. The van der Waals surface area contributed by atoms with E-state index in [4.69, 9.17) is 4.98 Å². The third-order valence-electron chi connectivity index (χ3n) is 4.67. The quantitative estimate of drug-likeness (QED) is 0.582. The molecule has 2 nitrogen and oxygen atoms in total. The number of imidazole rings is 1. The van der Waals surface area contributed by atoms with Gasteiger partial charge < -0.3 is 0 Å². The van der Waals surface area contributed by atoms with E-state index in [1.54, 1.807) is 0 Å². The van der Waals surface area contributed by atoms with Gasteiger partial charge >= 0.3 is 0 Å². The Labute approximate surface area is 145 Å². The number of para-hydroxylation sites is 1. The summed E-state index contributed by atoms with van der Waals surface area (Å²) in [5.74, 6) is 1.51. The van der Waals surface area contributed by atoms with Crippen LogP contribution in [0.3, 0.4) is 0 Å². The first-order chi connectivity index (χ1) is 11.7. The van der Waals surface area contributed by atoms with Gasteiger partial charge in [0.05, 0.1) is 5.69 Å². The largest absolute Gasteiger partial charge is 0.299 e. The lowest BCUT2D eigenvalue weighted by atomic mass is 9.96. The fourth-order valence-corrected chi connectivity index (χ4v) is 3.41. The smallest absolute Gasteiger partial charge is 0.144 e. The molecule has 0 aliphatic carbocycles. The molecule has 0 unspecified atom stereocenters. The van der Waals surface area contributed by atoms with Crippen LogP contribution >= 0.6 is 0 Å². The van der Waals surface area contributed by atoms with Crippen LogP contribution < -0.4 is 0 Å². The van der Waals surface area contributed by atoms with Gasteiger partial charge in [0.2, 0.25) is 0 Å². The number of nitrogens with zero attached hydrogens (tertiary/aromatic N) is 2. The summed E-state index contributed by atoms with van der Waals surface area (Å²) >= 11 is 0. The third kappa shape index (κ3) is 2.89. The number of hydrogen-bond donors (Lipinski definition) is 0. The van der Waals surface area contributed by atoms with Crippen molar-refractivity contribution < 1.29 is 0 Å². The van der Waals surface area contributed by atoms with E-state index in [1.807, 2.05) is 6.20 Å². The van der Waals surface area contributed by atoms with Crippen molar-refractivity contribution in [3.05, 3.63) is 71.5 Å². The van der Waals surface area contributed by atoms with E-state index in [2.05, 4.69) is 80.9 Å². The zero-order valence-electron chi connectivity index (χ0n) is 15.1. The summed E-state index contributed by atoms with van der Waals surface area (Å²) in [6.45, 7) is 8.92. The average Bonchev–Trinajstić information content (AvgIpc) is 3.09. The van der Waals surface area contributed by atoms with Crippen LogP contribution in [0.25, 0.3) is 17.1 Å². The molecule has 3 rings (SSSR count). The lowest BCUT2D eigenvalue weighted by molar-refractivity contribution is 0.864. The van der Waals surface area contributed by atoms with Gasteiger partial charge in [-0.3, -0.25) is 4.57 Å². The highest BCUT2D eigenvalue weighted by atomic mass is 15.1. The maximum atomic E-state index is 4.72. The van der Waals surface area contributed by atoms with Crippen molar-refractivity contribution in [3.63, 3.8) is 0 Å². The summed E-state index contributed by atoms with van der Waals surface area (Å²) in [7, 11) is 0. The predicted molar refractivity (Wildman–Crippen MR) is 102 cm³/mol. The fourth-order valence-electron chi connectivity index (χ4n) is 3.41. The second-order valence-electron chi connectivity index (χ2n) is 6.49. The lowest BCUT2D eigenvalue weighted by Crippen LogP contribution is -2.06. The Bertz CT molecular complexity index is 805. The van der Waals surface area contributed by atoms with E-state index in [0.29, 0.717) is 5.92 Å². The monoisotopic (exact) mass is 318 g/mol. The zero-order chi connectivity index (χ0) is 17.1. The highest BCUT2D eigenvalue weighted by molar-refractivity contribution is 5.65. The maximum absolute atomic E-state index is 4.72. The molecule has 0 bridgehead atoms. The van der Waals surface area contributed by atoms with Gasteiger partial charge in [-0.2, -0.15) is 0 Å². The standard InChI is InChI=1S/C22H26N2/c1-5-17-10-9-11-18(6-2)21(17)24-15-14-23-22(24)20-13-8-7-12-19(20)16(3)4/h7-16H,5-6H2,1-4H3. The molecule has 0 aliphatic rings. The van der Waals surface area contributed by atoms with E-state index in [0.717, 1.165) is 18.7 Å². The molecule has 0 saturated heterocycles. The van der Waals surface area contributed by atoms with Crippen LogP contribution in [0.1, 0.15) is 50.3 Å². The average molecular weight is 318 g/mol. The number of hydrogen-bond acceptors (Lipinski definition) is 1. The number of aromatic nitrogens is 2. The molecule has 124 valence electrons. The van der Waals surface area contributed by atoms with Crippen LogP contribution in [-0.2, 0) is 12.8 Å². The summed E-state index contributed by atoms with van der Waals surface area (Å²) in [6.07, 6.45) is 6.05. The van der Waals surface area contributed by atoms with Gasteiger partial charge in [0.15, 0.2) is 0 Å². The minimum Gasteiger partial charge on any atom is -0.299 e. The highest BCUT2D eigenvalue weighted by Crippen LogP contribution is 2.31. The molecule has 0 atom stereocenters. The van der Waals surface area contributed by atoms with E-state index in [-0.39, 0.29) is 0 Å². The second-order valence-corrected chi connectivity index (χ2v) is 6.49. The molecule has 1 heterocycles. The Kier molecular flexibility index (Phi) is 4.84. The van der Waals surface area contributed by atoms with Crippen molar-refractivity contribution in [1.82, 2.24) is 9.55 Å². The van der Waals surface area contributed by atoms with Gasteiger partial charge in [-0.15, -0.1) is 0 Å². The van der Waals surface area contributed by atoms with Gasteiger partial charge in [0, 0.05) is 18.0 Å². The molecule has 0 fully saturated rings. The van der Waals surface area contributed by atoms with Crippen molar-refractivity contribution in [2.75, 3.05) is 0 Å². The second kappa shape index (κ2) is 7.04. The zero-order valence-corrected chi connectivity index (χ0v) is 15.1. The Balaban J connectivity index is 2.24. The van der Waals surface area contributed by atoms with Crippen molar-refractivity contribution >= 4 is 0 Å². The lowest BCUT2D eigenvalue weighted by Gasteiger charge is -2.18. The van der Waals surface area contributed by atoms with Crippen molar-refractivity contribution in [2.24, 2.45) is 0 Å². The topological polar surface area (TPSA) is 17.8 Å². The summed E-state index contributed by atoms with van der Waals surface area (Å²) < 4.78 is 2.28. The summed E-state index contributed by atoms with van der Waals surface area (Å²) in [4.78, 5) is 4.72. The molecule has 0 radical (unpaired) electrons. The molecule has 0 spiro atoms. The predicted octanol–water partition coefficient (Wildman–Crippen LogP) is 5.79. The van der Waals surface area contributed by atoms with Crippen LogP contribution in [0, 0.1) is 0 Å². The van der Waals surface area contributed by atoms with Crippen molar-refractivity contribution in [2.45, 2.75) is 46.5 Å². The van der Waals surface area contributed by atoms with E-state index >= 15 is 0 Å². The normalized spacial score (nSPS) is 11.2. The molecule has 0 N–H and O–H groups in total. The van der Waals surface area contributed by atoms with Crippen LogP contribution in [0.5, 0.6) is 0 Å². The van der Waals surface area contributed by atoms with Gasteiger partial charge in [0.25, 0.3) is 0 Å². The van der Waals surface area contributed by atoms with Crippen LogP contribution in [0.15, 0.2) is 54.9 Å². The molecule has 2 heteroatoms. The van der Waals surface area contributed by atoms with E-state index in [1.165, 1.54) is 27.9 Å². The Morgan fingerprint density at radius 1 is 0.917 bits per heavy atom. The summed E-state index contributed by atoms with van der Waals surface area (Å²) in [6, 6.07) is 15.2. The highest BCUT2D eigenvalue weighted by Gasteiger charge is 2.16.